The maximum absolute atomic E-state index is 13.4. The fraction of sp³-hybridized carbons (Fsp3) is 0.211. The Morgan fingerprint density at radius 3 is 2.20 bits per heavy atom. The van der Waals surface area contributed by atoms with E-state index in [1.54, 1.807) is 24.4 Å². The molecule has 30 heavy (non-hydrogen) atoms. The normalized spacial score (nSPS) is 15.2. The average molecular weight is 432 g/mol. The summed E-state index contributed by atoms with van der Waals surface area (Å²) in [5.41, 5.74) is 0. The van der Waals surface area contributed by atoms with Crippen LogP contribution in [0.3, 0.4) is 0 Å². The van der Waals surface area contributed by atoms with E-state index in [0.29, 0.717) is 36.6 Å². The first-order valence-electron chi connectivity index (χ1n) is 9.15. The Kier molecular flexibility index (Phi) is 5.55. The van der Waals surface area contributed by atoms with Crippen molar-refractivity contribution in [3.63, 3.8) is 0 Å². The lowest BCUT2D eigenvalue weighted by molar-refractivity contribution is 0.383. The van der Waals surface area contributed by atoms with Crippen molar-refractivity contribution in [1.29, 1.82) is 0 Å². The molecule has 1 aromatic carbocycles. The first-order valence-corrected chi connectivity index (χ1v) is 10.6. The quantitative estimate of drug-likeness (QED) is 0.662. The highest BCUT2D eigenvalue weighted by atomic mass is 32.2. The number of sulfonamides is 1. The van der Waals surface area contributed by atoms with Crippen molar-refractivity contribution >= 4 is 27.5 Å². The Balaban J connectivity index is 1.40. The summed E-state index contributed by atoms with van der Waals surface area (Å²) >= 11 is 0. The molecular formula is C19H18F2N6O2S. The van der Waals surface area contributed by atoms with E-state index < -0.39 is 26.6 Å². The molecule has 1 aliphatic heterocycles. The Labute approximate surface area is 172 Å². The number of piperazine rings is 1. The number of benzene rings is 1. The zero-order chi connectivity index (χ0) is 21.1. The molecule has 1 fully saturated rings. The van der Waals surface area contributed by atoms with Crippen LogP contribution in [-0.4, -0.2) is 54.1 Å². The van der Waals surface area contributed by atoms with Crippen LogP contribution in [0.5, 0.6) is 0 Å². The molecule has 3 aromatic rings. The summed E-state index contributed by atoms with van der Waals surface area (Å²) in [4.78, 5) is 5.66. The lowest BCUT2D eigenvalue weighted by Gasteiger charge is -2.34. The Bertz CT molecular complexity index is 1100. The third-order valence-electron chi connectivity index (χ3n) is 4.61. The van der Waals surface area contributed by atoms with Crippen molar-refractivity contribution in [3.05, 3.63) is 66.4 Å². The molecule has 2 aromatic heterocycles. The number of aromatic nitrogens is 3. The second-order valence-corrected chi connectivity index (χ2v) is 8.55. The summed E-state index contributed by atoms with van der Waals surface area (Å²) in [6.45, 7) is 1.07. The van der Waals surface area contributed by atoms with Crippen LogP contribution in [0.4, 0.5) is 26.2 Å². The number of nitrogens with zero attached hydrogens (tertiary/aromatic N) is 5. The summed E-state index contributed by atoms with van der Waals surface area (Å²) < 4.78 is 53.4. The molecule has 11 heteroatoms. The smallest absolute Gasteiger partial charge is 0.243 e. The highest BCUT2D eigenvalue weighted by molar-refractivity contribution is 7.89. The van der Waals surface area contributed by atoms with Crippen molar-refractivity contribution in [3.8, 4) is 0 Å². The highest BCUT2D eigenvalue weighted by Crippen LogP contribution is 2.22. The minimum atomic E-state index is -3.98. The molecule has 0 bridgehead atoms. The van der Waals surface area contributed by atoms with E-state index in [1.165, 1.54) is 4.31 Å². The van der Waals surface area contributed by atoms with Crippen LogP contribution in [0.15, 0.2) is 59.6 Å². The Hall–Kier alpha value is -3.18. The molecule has 1 aliphatic rings. The SMILES string of the molecule is O=S(=O)(c1cc(F)cc(F)c1)N1CCN(c2ccc(Nc3ccccn3)nn2)CC1. The zero-order valence-electron chi connectivity index (χ0n) is 15.7. The predicted octanol–water partition coefficient (Wildman–Crippen LogP) is 2.40. The van der Waals surface area contributed by atoms with Crippen LogP contribution in [-0.2, 0) is 10.0 Å². The molecular weight excluding hydrogens is 414 g/mol. The molecule has 0 spiro atoms. The molecule has 156 valence electrons. The number of halogens is 2. The maximum Gasteiger partial charge on any atom is 0.243 e. The lowest BCUT2D eigenvalue weighted by Crippen LogP contribution is -2.49. The standard InChI is InChI=1S/C19H18F2N6O2S/c20-14-11-15(21)13-16(12-14)30(28,29)27-9-7-26(8-10-27)19-5-4-18(24-25-19)23-17-3-1-2-6-22-17/h1-6,11-13H,7-10H2,(H,22,23,24). The second kappa shape index (κ2) is 8.28. The Morgan fingerprint density at radius 1 is 0.867 bits per heavy atom. The van der Waals surface area contributed by atoms with Gasteiger partial charge in [0.05, 0.1) is 4.90 Å². The van der Waals surface area contributed by atoms with Crippen molar-refractivity contribution in [1.82, 2.24) is 19.5 Å². The van der Waals surface area contributed by atoms with E-state index in [2.05, 4.69) is 20.5 Å². The van der Waals surface area contributed by atoms with Gasteiger partial charge in [-0.15, -0.1) is 10.2 Å². The molecule has 0 saturated carbocycles. The summed E-state index contributed by atoms with van der Waals surface area (Å²) in [6.07, 6.45) is 1.66. The second-order valence-electron chi connectivity index (χ2n) is 6.61. The van der Waals surface area contributed by atoms with Gasteiger partial charge < -0.3 is 10.2 Å². The average Bonchev–Trinajstić information content (AvgIpc) is 2.74. The van der Waals surface area contributed by atoms with Crippen LogP contribution in [0, 0.1) is 11.6 Å². The van der Waals surface area contributed by atoms with Gasteiger partial charge in [-0.25, -0.2) is 22.2 Å². The van der Waals surface area contributed by atoms with E-state index in [-0.39, 0.29) is 13.1 Å². The van der Waals surface area contributed by atoms with Gasteiger partial charge in [0.1, 0.15) is 17.5 Å². The molecule has 4 rings (SSSR count). The summed E-state index contributed by atoms with van der Waals surface area (Å²) in [6, 6.07) is 11.3. The predicted molar refractivity (Wildman–Crippen MR) is 107 cm³/mol. The van der Waals surface area contributed by atoms with Crippen LogP contribution in [0.1, 0.15) is 0 Å². The summed E-state index contributed by atoms with van der Waals surface area (Å²) in [7, 11) is -3.98. The van der Waals surface area contributed by atoms with Gasteiger partial charge in [0.25, 0.3) is 0 Å². The highest BCUT2D eigenvalue weighted by Gasteiger charge is 2.29. The van der Waals surface area contributed by atoms with E-state index >= 15 is 0 Å². The van der Waals surface area contributed by atoms with Crippen molar-refractivity contribution in [2.75, 3.05) is 36.4 Å². The van der Waals surface area contributed by atoms with Crippen LogP contribution >= 0.6 is 0 Å². The maximum atomic E-state index is 13.4. The third-order valence-corrected chi connectivity index (χ3v) is 6.48. The molecule has 3 heterocycles. The summed E-state index contributed by atoms with van der Waals surface area (Å²) in [5, 5.41) is 11.3. The monoisotopic (exact) mass is 432 g/mol. The van der Waals surface area contributed by atoms with Gasteiger partial charge in [-0.2, -0.15) is 4.31 Å². The number of anilines is 3. The van der Waals surface area contributed by atoms with Gasteiger partial charge in [0.2, 0.25) is 10.0 Å². The number of hydrogen-bond donors (Lipinski definition) is 1. The van der Waals surface area contributed by atoms with Crippen molar-refractivity contribution in [2.24, 2.45) is 0 Å². The topological polar surface area (TPSA) is 91.3 Å². The minimum Gasteiger partial charge on any atom is -0.352 e. The molecule has 0 radical (unpaired) electrons. The van der Waals surface area contributed by atoms with E-state index in [0.717, 1.165) is 12.1 Å². The third kappa shape index (κ3) is 4.36. The van der Waals surface area contributed by atoms with Gasteiger partial charge >= 0.3 is 0 Å². The summed E-state index contributed by atoms with van der Waals surface area (Å²) in [5.74, 6) is -0.0712. The van der Waals surface area contributed by atoms with Crippen LogP contribution < -0.4 is 10.2 Å². The van der Waals surface area contributed by atoms with E-state index in [4.69, 9.17) is 0 Å². The largest absolute Gasteiger partial charge is 0.352 e. The first-order chi connectivity index (χ1) is 14.4. The number of pyridine rings is 1. The fourth-order valence-electron chi connectivity index (χ4n) is 3.11. The zero-order valence-corrected chi connectivity index (χ0v) is 16.6. The number of nitrogens with one attached hydrogen (secondary N) is 1. The molecule has 1 saturated heterocycles. The minimum absolute atomic E-state index is 0.163. The first kappa shape index (κ1) is 20.1. The van der Waals surface area contributed by atoms with Crippen LogP contribution in [0.2, 0.25) is 0 Å². The molecule has 0 aliphatic carbocycles. The Morgan fingerprint density at radius 2 is 1.60 bits per heavy atom. The lowest BCUT2D eigenvalue weighted by atomic mass is 10.3. The van der Waals surface area contributed by atoms with Crippen molar-refractivity contribution < 1.29 is 17.2 Å². The van der Waals surface area contributed by atoms with Gasteiger partial charge in [0.15, 0.2) is 11.6 Å². The van der Waals surface area contributed by atoms with Gasteiger partial charge in [0, 0.05) is 38.4 Å². The molecule has 0 unspecified atom stereocenters. The van der Waals surface area contributed by atoms with Crippen LogP contribution in [0.25, 0.3) is 0 Å². The molecule has 0 amide bonds. The van der Waals surface area contributed by atoms with Crippen molar-refractivity contribution in [2.45, 2.75) is 4.90 Å². The molecule has 8 nitrogen and oxygen atoms in total. The fourth-order valence-corrected chi connectivity index (χ4v) is 4.58. The number of rotatable bonds is 5. The van der Waals surface area contributed by atoms with Gasteiger partial charge in [-0.1, -0.05) is 6.07 Å². The van der Waals surface area contributed by atoms with E-state index in [1.807, 2.05) is 17.0 Å². The molecule has 1 N–H and O–H groups in total. The molecule has 0 atom stereocenters. The number of hydrogen-bond acceptors (Lipinski definition) is 7. The van der Waals surface area contributed by atoms with E-state index in [9.17, 15) is 17.2 Å². The van der Waals surface area contributed by atoms with Gasteiger partial charge in [-0.05, 0) is 36.4 Å². The van der Waals surface area contributed by atoms with Gasteiger partial charge in [-0.3, -0.25) is 0 Å².